The van der Waals surface area contributed by atoms with Crippen LogP contribution in [-0.4, -0.2) is 29.6 Å². The topological polar surface area (TPSA) is 15.3 Å². The molecular weight excluding hydrogens is 304 g/mol. The molecule has 0 aliphatic carbocycles. The van der Waals surface area contributed by atoms with Gasteiger partial charge in [-0.25, -0.2) is 0 Å². The first-order valence-electron chi connectivity index (χ1n) is 9.95. The lowest BCUT2D eigenvalue weighted by molar-refractivity contribution is 0.199. The molecule has 3 unspecified atom stereocenters. The van der Waals surface area contributed by atoms with Crippen LogP contribution in [0, 0.1) is 11.3 Å². The number of nitrogens with zero attached hydrogens (tertiary/aromatic N) is 1. The smallest absolute Gasteiger partial charge is 0.0517 e. The van der Waals surface area contributed by atoms with Gasteiger partial charge in [0.15, 0.2) is 0 Å². The Morgan fingerprint density at radius 1 is 1.24 bits per heavy atom. The van der Waals surface area contributed by atoms with Crippen molar-refractivity contribution >= 4 is 0 Å². The van der Waals surface area contributed by atoms with Crippen LogP contribution >= 0.6 is 0 Å². The highest BCUT2D eigenvalue weighted by Crippen LogP contribution is 2.31. The zero-order valence-corrected chi connectivity index (χ0v) is 17.2. The van der Waals surface area contributed by atoms with Gasteiger partial charge in [0.2, 0.25) is 0 Å². The van der Waals surface area contributed by atoms with Crippen molar-refractivity contribution in [2.24, 2.45) is 11.3 Å². The van der Waals surface area contributed by atoms with Gasteiger partial charge in [-0.05, 0) is 43.1 Å². The minimum atomic E-state index is 0.142. The second-order valence-electron chi connectivity index (χ2n) is 9.18. The van der Waals surface area contributed by atoms with Crippen molar-refractivity contribution in [2.75, 3.05) is 6.54 Å². The highest BCUT2D eigenvalue weighted by atomic mass is 15.2. The molecule has 0 aromatic heterocycles. The monoisotopic (exact) mass is 342 g/mol. The summed E-state index contributed by atoms with van der Waals surface area (Å²) in [7, 11) is 0. The van der Waals surface area contributed by atoms with E-state index in [-0.39, 0.29) is 5.41 Å². The summed E-state index contributed by atoms with van der Waals surface area (Å²) in [5.41, 5.74) is 2.82. The van der Waals surface area contributed by atoms with E-state index in [2.05, 4.69) is 88.7 Å². The molecule has 0 saturated carbocycles. The van der Waals surface area contributed by atoms with Gasteiger partial charge in [-0.1, -0.05) is 71.5 Å². The van der Waals surface area contributed by atoms with Crippen molar-refractivity contribution in [1.82, 2.24) is 10.2 Å². The molecule has 0 bridgehead atoms. The van der Waals surface area contributed by atoms with Crippen molar-refractivity contribution < 1.29 is 0 Å². The highest BCUT2D eigenvalue weighted by Gasteiger charge is 2.34. The average Bonchev–Trinajstić information content (AvgIpc) is 2.96. The largest absolute Gasteiger partial charge is 0.371 e. The quantitative estimate of drug-likeness (QED) is 0.727. The third-order valence-electron chi connectivity index (χ3n) is 5.61. The van der Waals surface area contributed by atoms with E-state index in [1.54, 1.807) is 0 Å². The Labute approximate surface area is 155 Å². The Hall–Kier alpha value is -1.28. The van der Waals surface area contributed by atoms with Crippen molar-refractivity contribution in [3.05, 3.63) is 48.2 Å². The molecule has 0 radical (unpaired) electrons. The lowest BCUT2D eigenvalue weighted by atomic mass is 9.82. The van der Waals surface area contributed by atoms with E-state index in [1.165, 1.54) is 24.1 Å². The Kier molecular flexibility index (Phi) is 6.73. The molecule has 1 saturated heterocycles. The number of likely N-dealkylation sites (tertiary alicyclic amines) is 1. The first-order chi connectivity index (χ1) is 11.7. The van der Waals surface area contributed by atoms with Crippen LogP contribution in [0.2, 0.25) is 0 Å². The number of rotatable bonds is 7. The minimum absolute atomic E-state index is 0.142. The van der Waals surface area contributed by atoms with Crippen molar-refractivity contribution in [3.63, 3.8) is 0 Å². The molecular formula is C23H38N2. The molecule has 2 heteroatoms. The summed E-state index contributed by atoms with van der Waals surface area (Å²) < 4.78 is 0. The van der Waals surface area contributed by atoms with Crippen LogP contribution in [0.4, 0.5) is 0 Å². The van der Waals surface area contributed by atoms with Gasteiger partial charge in [0.1, 0.15) is 0 Å². The van der Waals surface area contributed by atoms with Gasteiger partial charge in [0.05, 0.1) is 6.04 Å². The number of nitrogens with one attached hydrogen (secondary N) is 1. The minimum Gasteiger partial charge on any atom is -0.371 e. The molecule has 25 heavy (non-hydrogen) atoms. The third kappa shape index (κ3) is 5.34. The molecule has 0 amide bonds. The molecule has 2 nitrogen and oxygen atoms in total. The second kappa shape index (κ2) is 8.40. The fourth-order valence-corrected chi connectivity index (χ4v) is 3.94. The van der Waals surface area contributed by atoms with E-state index in [9.17, 15) is 0 Å². The van der Waals surface area contributed by atoms with Gasteiger partial charge in [-0.2, -0.15) is 0 Å². The summed E-state index contributed by atoms with van der Waals surface area (Å²) in [5, 5.41) is 4.00. The summed E-state index contributed by atoms with van der Waals surface area (Å²) in [4.78, 5) is 2.53. The SMILES string of the molecule is C=C(C(NC(Cc1ccccc1)C(C)C)C(C)(C)C)N1CCCC1C. The predicted molar refractivity (Wildman–Crippen MR) is 110 cm³/mol. The zero-order chi connectivity index (χ0) is 18.6. The van der Waals surface area contributed by atoms with Crippen molar-refractivity contribution in [1.29, 1.82) is 0 Å². The van der Waals surface area contributed by atoms with Crippen LogP contribution in [0.5, 0.6) is 0 Å². The molecule has 1 aliphatic rings. The molecule has 0 spiro atoms. The fraction of sp³-hybridized carbons (Fsp3) is 0.652. The molecule has 1 aromatic rings. The van der Waals surface area contributed by atoms with Gasteiger partial charge in [0, 0.05) is 24.3 Å². The van der Waals surface area contributed by atoms with E-state index in [0.717, 1.165) is 13.0 Å². The van der Waals surface area contributed by atoms with Gasteiger partial charge >= 0.3 is 0 Å². The lowest BCUT2D eigenvalue weighted by Crippen LogP contribution is -2.52. The van der Waals surface area contributed by atoms with Crippen LogP contribution in [-0.2, 0) is 6.42 Å². The Morgan fingerprint density at radius 3 is 2.36 bits per heavy atom. The summed E-state index contributed by atoms with van der Waals surface area (Å²) >= 11 is 0. The molecule has 2 rings (SSSR count). The summed E-state index contributed by atoms with van der Waals surface area (Å²) in [5.74, 6) is 0.578. The third-order valence-corrected chi connectivity index (χ3v) is 5.61. The van der Waals surface area contributed by atoms with Crippen LogP contribution in [0.25, 0.3) is 0 Å². The Balaban J connectivity index is 2.17. The predicted octanol–water partition coefficient (Wildman–Crippen LogP) is 5.26. The molecule has 140 valence electrons. The van der Waals surface area contributed by atoms with Gasteiger partial charge in [0.25, 0.3) is 0 Å². The lowest BCUT2D eigenvalue weighted by Gasteiger charge is -2.42. The highest BCUT2D eigenvalue weighted by molar-refractivity contribution is 5.18. The van der Waals surface area contributed by atoms with Crippen LogP contribution < -0.4 is 5.32 Å². The molecule has 1 fully saturated rings. The number of hydrogen-bond acceptors (Lipinski definition) is 2. The first kappa shape index (κ1) is 20.0. The summed E-state index contributed by atoms with van der Waals surface area (Å²) in [6.07, 6.45) is 3.64. The number of hydrogen-bond donors (Lipinski definition) is 1. The molecule has 1 aromatic carbocycles. The first-order valence-corrected chi connectivity index (χ1v) is 9.95. The molecule has 3 atom stereocenters. The van der Waals surface area contributed by atoms with E-state index in [1.807, 2.05) is 0 Å². The van der Waals surface area contributed by atoms with Crippen LogP contribution in [0.1, 0.15) is 59.9 Å². The van der Waals surface area contributed by atoms with E-state index in [0.29, 0.717) is 24.0 Å². The standard InChI is InChI=1S/C23H38N2/c1-17(2)21(16-20-13-9-8-10-14-20)24-22(23(5,6)7)19(4)25-15-11-12-18(25)3/h8-10,13-14,17-18,21-22,24H,4,11-12,15-16H2,1-3,5-7H3. The van der Waals surface area contributed by atoms with E-state index in [4.69, 9.17) is 0 Å². The van der Waals surface area contributed by atoms with Gasteiger partial charge in [-0.3, -0.25) is 0 Å². The van der Waals surface area contributed by atoms with E-state index < -0.39 is 0 Å². The average molecular weight is 343 g/mol. The second-order valence-corrected chi connectivity index (χ2v) is 9.18. The molecule has 1 heterocycles. The summed E-state index contributed by atoms with van der Waals surface area (Å²) in [6.45, 7) is 19.7. The van der Waals surface area contributed by atoms with Gasteiger partial charge < -0.3 is 10.2 Å². The Morgan fingerprint density at radius 2 is 1.88 bits per heavy atom. The van der Waals surface area contributed by atoms with Crippen LogP contribution in [0.3, 0.4) is 0 Å². The fourth-order valence-electron chi connectivity index (χ4n) is 3.94. The van der Waals surface area contributed by atoms with Crippen molar-refractivity contribution in [3.8, 4) is 0 Å². The molecule has 1 N–H and O–H groups in total. The normalized spacial score (nSPS) is 20.8. The van der Waals surface area contributed by atoms with Crippen LogP contribution in [0.15, 0.2) is 42.6 Å². The molecule has 1 aliphatic heterocycles. The zero-order valence-electron chi connectivity index (χ0n) is 17.2. The van der Waals surface area contributed by atoms with E-state index >= 15 is 0 Å². The maximum absolute atomic E-state index is 4.54. The Bertz CT molecular complexity index is 541. The van der Waals surface area contributed by atoms with Crippen molar-refractivity contribution in [2.45, 2.75) is 78.9 Å². The maximum Gasteiger partial charge on any atom is 0.0517 e. The maximum atomic E-state index is 4.54. The van der Waals surface area contributed by atoms with Gasteiger partial charge in [-0.15, -0.1) is 0 Å². The number of benzene rings is 1. The summed E-state index contributed by atoms with van der Waals surface area (Å²) in [6, 6.07) is 12.2.